The van der Waals surface area contributed by atoms with Crippen LogP contribution in [0.3, 0.4) is 0 Å². The van der Waals surface area contributed by atoms with Crippen LogP contribution in [-0.4, -0.2) is 11.9 Å². The molecule has 0 spiro atoms. The van der Waals surface area contributed by atoms with E-state index in [9.17, 15) is 0 Å². The molecule has 0 aromatic rings. The molecule has 1 aliphatic carbocycles. The highest BCUT2D eigenvalue weighted by Crippen LogP contribution is 2.25. The average Bonchev–Trinajstić information content (AvgIpc) is 1.65. The Kier molecular flexibility index (Phi) is 1.55. The van der Waals surface area contributed by atoms with Crippen molar-refractivity contribution in [2.45, 2.75) is 18.9 Å². The molecule has 1 rings (SSSR count). The number of alkyl halides is 1. The summed E-state index contributed by atoms with van der Waals surface area (Å²) in [6.45, 7) is 0. The van der Waals surface area contributed by atoms with E-state index in [2.05, 4.69) is 0 Å². The zero-order chi connectivity index (χ0) is 5.28. The van der Waals surface area contributed by atoms with Gasteiger partial charge in [0.1, 0.15) is 0 Å². The molecule has 0 aliphatic heterocycles. The molecule has 1 saturated carbocycles. The first-order chi connectivity index (χ1) is 3.34. The molecule has 0 aromatic heterocycles. The predicted octanol–water partition coefficient (Wildman–Crippen LogP) is 0.963. The number of hydrogen-bond acceptors (Lipinski definition) is 1. The molecule has 0 heterocycles. The van der Waals surface area contributed by atoms with Crippen LogP contribution < -0.4 is 5.73 Å². The van der Waals surface area contributed by atoms with Crippen molar-refractivity contribution in [2.75, 3.05) is 5.88 Å². The van der Waals surface area contributed by atoms with Gasteiger partial charge in [0.05, 0.1) is 0 Å². The summed E-state index contributed by atoms with van der Waals surface area (Å²) in [5.74, 6) is 1.38. The first-order valence-corrected chi connectivity index (χ1v) is 3.19. The van der Waals surface area contributed by atoms with Gasteiger partial charge in [-0.15, -0.1) is 11.6 Å². The Labute approximate surface area is 48.8 Å². The second-order valence-corrected chi connectivity index (χ2v) is 2.46. The lowest BCUT2D eigenvalue weighted by Crippen LogP contribution is -2.40. The molecule has 0 radical (unpaired) electrons. The third-order valence-corrected chi connectivity index (χ3v) is 2.07. The third-order valence-electron chi connectivity index (χ3n) is 1.67. The van der Waals surface area contributed by atoms with Gasteiger partial charge >= 0.3 is 0 Å². The van der Waals surface area contributed by atoms with Gasteiger partial charge in [-0.25, -0.2) is 0 Å². The van der Waals surface area contributed by atoms with Crippen LogP contribution in [-0.2, 0) is 0 Å². The minimum Gasteiger partial charge on any atom is -0.327 e. The van der Waals surface area contributed by atoms with Crippen molar-refractivity contribution >= 4 is 11.6 Å². The summed E-state index contributed by atoms with van der Waals surface area (Å²) in [6, 6.07) is 0.414. The van der Waals surface area contributed by atoms with Crippen LogP contribution in [0.1, 0.15) is 12.8 Å². The van der Waals surface area contributed by atoms with E-state index in [0.717, 1.165) is 5.88 Å². The summed E-state index contributed by atoms with van der Waals surface area (Å²) < 4.78 is 0. The summed E-state index contributed by atoms with van der Waals surface area (Å²) in [6.07, 6.45) is 2.42. The van der Waals surface area contributed by atoms with E-state index < -0.39 is 0 Å². The van der Waals surface area contributed by atoms with E-state index in [4.69, 9.17) is 17.3 Å². The summed E-state index contributed by atoms with van der Waals surface area (Å²) in [5.41, 5.74) is 5.55. The van der Waals surface area contributed by atoms with Crippen molar-refractivity contribution in [1.82, 2.24) is 0 Å². The van der Waals surface area contributed by atoms with E-state index in [1.54, 1.807) is 0 Å². The summed E-state index contributed by atoms with van der Waals surface area (Å²) in [7, 11) is 0. The molecule has 0 aromatic carbocycles. The maximum Gasteiger partial charge on any atom is 0.0266 e. The van der Waals surface area contributed by atoms with Gasteiger partial charge in [-0.1, -0.05) is 0 Å². The summed E-state index contributed by atoms with van der Waals surface area (Å²) in [5, 5.41) is 0. The Morgan fingerprint density at radius 2 is 2.29 bits per heavy atom. The Morgan fingerprint density at radius 1 is 1.57 bits per heavy atom. The van der Waals surface area contributed by atoms with Gasteiger partial charge in [0.2, 0.25) is 0 Å². The maximum absolute atomic E-state index is 5.55. The Bertz CT molecular complexity index is 63.1. The van der Waals surface area contributed by atoms with Crippen molar-refractivity contribution in [3.05, 3.63) is 0 Å². The topological polar surface area (TPSA) is 26.0 Å². The summed E-state index contributed by atoms with van der Waals surface area (Å²) in [4.78, 5) is 0. The molecule has 1 aliphatic rings. The van der Waals surface area contributed by atoms with E-state index in [-0.39, 0.29) is 0 Å². The standard InChI is InChI=1S/C5H10ClN/c6-3-4-1-2-5(4)7/h4-5H,1-3,7H2/t4-,5-/m1/s1. The highest BCUT2D eigenvalue weighted by Gasteiger charge is 2.25. The quantitative estimate of drug-likeness (QED) is 0.512. The van der Waals surface area contributed by atoms with Gasteiger partial charge < -0.3 is 5.73 Å². The van der Waals surface area contributed by atoms with Crippen molar-refractivity contribution in [2.24, 2.45) is 11.7 Å². The number of hydrogen-bond donors (Lipinski definition) is 1. The molecule has 2 N–H and O–H groups in total. The van der Waals surface area contributed by atoms with E-state index in [1.807, 2.05) is 0 Å². The Hall–Kier alpha value is 0.250. The second-order valence-electron chi connectivity index (χ2n) is 2.16. The fourth-order valence-electron chi connectivity index (χ4n) is 0.786. The molecule has 0 unspecified atom stereocenters. The van der Waals surface area contributed by atoms with Gasteiger partial charge in [-0.2, -0.15) is 0 Å². The van der Waals surface area contributed by atoms with E-state index in [0.29, 0.717) is 12.0 Å². The zero-order valence-electron chi connectivity index (χ0n) is 4.23. The van der Waals surface area contributed by atoms with Crippen LogP contribution in [0.15, 0.2) is 0 Å². The van der Waals surface area contributed by atoms with Crippen molar-refractivity contribution in [3.8, 4) is 0 Å². The minimum atomic E-state index is 0.414. The summed E-state index contributed by atoms with van der Waals surface area (Å²) >= 11 is 5.52. The lowest BCUT2D eigenvalue weighted by Gasteiger charge is -2.31. The molecule has 0 amide bonds. The van der Waals surface area contributed by atoms with Crippen LogP contribution in [0, 0.1) is 5.92 Å². The smallest absolute Gasteiger partial charge is 0.0266 e. The van der Waals surface area contributed by atoms with Crippen molar-refractivity contribution in [1.29, 1.82) is 0 Å². The van der Waals surface area contributed by atoms with Gasteiger partial charge in [0, 0.05) is 11.9 Å². The first kappa shape index (κ1) is 5.39. The SMILES string of the molecule is N[C@@H]1CC[C@@H]1CCl. The molecular weight excluding hydrogens is 110 g/mol. The fourth-order valence-corrected chi connectivity index (χ4v) is 1.17. The van der Waals surface area contributed by atoms with Crippen molar-refractivity contribution < 1.29 is 0 Å². The molecule has 2 heteroatoms. The van der Waals surface area contributed by atoms with Crippen molar-refractivity contribution in [3.63, 3.8) is 0 Å². The lowest BCUT2D eigenvalue weighted by atomic mass is 9.82. The normalized spacial score (nSPS) is 40.3. The first-order valence-electron chi connectivity index (χ1n) is 2.66. The molecule has 0 saturated heterocycles. The molecule has 7 heavy (non-hydrogen) atoms. The highest BCUT2D eigenvalue weighted by molar-refractivity contribution is 6.18. The van der Waals surface area contributed by atoms with E-state index in [1.165, 1.54) is 12.8 Å². The van der Waals surface area contributed by atoms with Crippen LogP contribution in [0.4, 0.5) is 0 Å². The van der Waals surface area contributed by atoms with Crippen LogP contribution in [0.25, 0.3) is 0 Å². The molecular formula is C5H10ClN. The monoisotopic (exact) mass is 119 g/mol. The highest BCUT2D eigenvalue weighted by atomic mass is 35.5. The molecule has 2 atom stereocenters. The zero-order valence-corrected chi connectivity index (χ0v) is 4.99. The van der Waals surface area contributed by atoms with Gasteiger partial charge in [-0.05, 0) is 18.8 Å². The second kappa shape index (κ2) is 2.01. The number of rotatable bonds is 1. The predicted molar refractivity (Wildman–Crippen MR) is 31.4 cm³/mol. The third kappa shape index (κ3) is 0.892. The molecule has 0 bridgehead atoms. The Balaban J connectivity index is 2.16. The molecule has 42 valence electrons. The van der Waals surface area contributed by atoms with Gasteiger partial charge in [-0.3, -0.25) is 0 Å². The molecule has 1 nitrogen and oxygen atoms in total. The van der Waals surface area contributed by atoms with Gasteiger partial charge in [0.25, 0.3) is 0 Å². The Morgan fingerprint density at radius 3 is 2.29 bits per heavy atom. The average molecular weight is 120 g/mol. The van der Waals surface area contributed by atoms with Gasteiger partial charge in [0.15, 0.2) is 0 Å². The maximum atomic E-state index is 5.55. The van der Waals surface area contributed by atoms with Crippen LogP contribution in [0.2, 0.25) is 0 Å². The lowest BCUT2D eigenvalue weighted by molar-refractivity contribution is 0.286. The van der Waals surface area contributed by atoms with E-state index >= 15 is 0 Å². The minimum absolute atomic E-state index is 0.414. The van der Waals surface area contributed by atoms with Crippen LogP contribution >= 0.6 is 11.6 Å². The fraction of sp³-hybridized carbons (Fsp3) is 1.00. The molecule has 1 fully saturated rings. The number of halogens is 1. The van der Waals surface area contributed by atoms with Crippen LogP contribution in [0.5, 0.6) is 0 Å². The largest absolute Gasteiger partial charge is 0.327 e. The number of nitrogens with two attached hydrogens (primary N) is 1.